The molecule has 0 radical (unpaired) electrons. The lowest BCUT2D eigenvalue weighted by Gasteiger charge is -2.24. The summed E-state index contributed by atoms with van der Waals surface area (Å²) >= 11 is 0. The molecule has 0 N–H and O–H groups in total. The second-order valence-corrected chi connectivity index (χ2v) is 5.65. The Hall–Kier alpha value is -1.55. The summed E-state index contributed by atoms with van der Waals surface area (Å²) in [4.78, 5) is 16.4. The summed E-state index contributed by atoms with van der Waals surface area (Å²) in [5.41, 5.74) is 0. The first-order chi connectivity index (χ1) is 9.72. The Bertz CT molecular complexity index is 508. The normalized spacial score (nSPS) is 26.2. The molecule has 3 rings (SSSR count). The van der Waals surface area contributed by atoms with E-state index in [4.69, 9.17) is 4.42 Å². The van der Waals surface area contributed by atoms with E-state index in [9.17, 15) is 4.79 Å². The Kier molecular flexibility index (Phi) is 3.66. The van der Waals surface area contributed by atoms with E-state index in [0.29, 0.717) is 25.0 Å². The second kappa shape index (κ2) is 5.44. The Morgan fingerprint density at radius 1 is 1.40 bits per heavy atom. The van der Waals surface area contributed by atoms with Crippen molar-refractivity contribution in [3.05, 3.63) is 36.3 Å². The first kappa shape index (κ1) is 13.4. The van der Waals surface area contributed by atoms with Crippen LogP contribution in [0.4, 0.5) is 0 Å². The number of likely N-dealkylation sites (tertiary alicyclic amines) is 2. The number of nitrogens with zero attached hydrogens (tertiary/aromatic N) is 2. The third kappa shape index (κ3) is 2.29. The van der Waals surface area contributed by atoms with Gasteiger partial charge in [0.2, 0.25) is 5.91 Å². The SMILES string of the molecule is C=CCN1C(=O)C[C@H]2[C@H]1CCN2Cc1ccc(CC)o1. The van der Waals surface area contributed by atoms with Gasteiger partial charge >= 0.3 is 0 Å². The first-order valence-electron chi connectivity index (χ1n) is 7.45. The fourth-order valence-electron chi connectivity index (χ4n) is 3.48. The first-order valence-corrected chi connectivity index (χ1v) is 7.45. The van der Waals surface area contributed by atoms with Crippen LogP contribution in [0.1, 0.15) is 31.3 Å². The van der Waals surface area contributed by atoms with E-state index < -0.39 is 0 Å². The van der Waals surface area contributed by atoms with Gasteiger partial charge in [-0.2, -0.15) is 0 Å². The summed E-state index contributed by atoms with van der Waals surface area (Å²) < 4.78 is 5.79. The van der Waals surface area contributed by atoms with Crippen molar-refractivity contribution in [3.63, 3.8) is 0 Å². The number of aryl methyl sites for hydroxylation is 1. The minimum absolute atomic E-state index is 0.262. The number of carbonyl (C=O) groups excluding carboxylic acids is 1. The van der Waals surface area contributed by atoms with Crippen LogP contribution in [0.3, 0.4) is 0 Å². The van der Waals surface area contributed by atoms with Gasteiger partial charge in [0.1, 0.15) is 11.5 Å². The molecule has 4 nitrogen and oxygen atoms in total. The van der Waals surface area contributed by atoms with E-state index in [2.05, 4.69) is 24.5 Å². The largest absolute Gasteiger partial charge is 0.465 e. The molecule has 0 bridgehead atoms. The monoisotopic (exact) mass is 274 g/mol. The highest BCUT2D eigenvalue weighted by Crippen LogP contribution is 2.33. The summed E-state index contributed by atoms with van der Waals surface area (Å²) in [6.07, 6.45) is 4.45. The fraction of sp³-hybridized carbons (Fsp3) is 0.562. The molecule has 0 unspecified atom stereocenters. The second-order valence-electron chi connectivity index (χ2n) is 5.65. The minimum atomic E-state index is 0.262. The molecule has 0 spiro atoms. The molecule has 0 saturated carbocycles. The molecule has 2 fully saturated rings. The molecule has 2 aliphatic heterocycles. The summed E-state index contributed by atoms with van der Waals surface area (Å²) in [6.45, 7) is 8.37. The van der Waals surface area contributed by atoms with Gasteiger partial charge in [-0.25, -0.2) is 0 Å². The number of furan rings is 1. The van der Waals surface area contributed by atoms with Crippen molar-refractivity contribution >= 4 is 5.91 Å². The van der Waals surface area contributed by atoms with Gasteiger partial charge in [0.15, 0.2) is 0 Å². The van der Waals surface area contributed by atoms with Crippen molar-refractivity contribution in [1.82, 2.24) is 9.80 Å². The third-order valence-electron chi connectivity index (χ3n) is 4.48. The zero-order chi connectivity index (χ0) is 14.1. The van der Waals surface area contributed by atoms with Crippen molar-refractivity contribution in [3.8, 4) is 0 Å². The van der Waals surface area contributed by atoms with Crippen molar-refractivity contribution in [2.75, 3.05) is 13.1 Å². The maximum absolute atomic E-state index is 12.1. The topological polar surface area (TPSA) is 36.7 Å². The van der Waals surface area contributed by atoms with Gasteiger partial charge in [-0.1, -0.05) is 13.0 Å². The molecule has 20 heavy (non-hydrogen) atoms. The van der Waals surface area contributed by atoms with E-state index >= 15 is 0 Å². The lowest BCUT2D eigenvalue weighted by atomic mass is 10.1. The van der Waals surface area contributed by atoms with Crippen LogP contribution in [0.15, 0.2) is 29.2 Å². The predicted octanol–water partition coefficient (Wildman–Crippen LogP) is 2.20. The zero-order valence-electron chi connectivity index (χ0n) is 12.0. The van der Waals surface area contributed by atoms with Gasteiger partial charge < -0.3 is 9.32 Å². The maximum Gasteiger partial charge on any atom is 0.224 e. The summed E-state index contributed by atoms with van der Waals surface area (Å²) in [7, 11) is 0. The summed E-state index contributed by atoms with van der Waals surface area (Å²) in [5.74, 6) is 2.31. The Balaban J connectivity index is 1.68. The standard InChI is InChI=1S/C16H22N2O2/c1-3-8-18-14-7-9-17(15(14)10-16(18)19)11-13-6-5-12(4-2)20-13/h3,5-6,14-15H,1,4,7-11H2,2H3/t14-,15+/m1/s1. The van der Waals surface area contributed by atoms with E-state index in [-0.39, 0.29) is 5.91 Å². The molecule has 3 heterocycles. The molecule has 1 aromatic heterocycles. The van der Waals surface area contributed by atoms with Crippen LogP contribution in [0.25, 0.3) is 0 Å². The molecular weight excluding hydrogens is 252 g/mol. The van der Waals surface area contributed by atoms with Crippen molar-refractivity contribution < 1.29 is 9.21 Å². The molecule has 1 aromatic rings. The lowest BCUT2D eigenvalue weighted by Crippen LogP contribution is -2.37. The van der Waals surface area contributed by atoms with Crippen molar-refractivity contribution in [2.45, 2.75) is 44.8 Å². The number of amides is 1. The van der Waals surface area contributed by atoms with Crippen LogP contribution < -0.4 is 0 Å². The smallest absolute Gasteiger partial charge is 0.224 e. The van der Waals surface area contributed by atoms with Gasteiger partial charge in [0, 0.05) is 38.0 Å². The van der Waals surface area contributed by atoms with Crippen LogP contribution in [-0.4, -0.2) is 40.9 Å². The van der Waals surface area contributed by atoms with Gasteiger partial charge in [0.05, 0.1) is 6.54 Å². The minimum Gasteiger partial charge on any atom is -0.465 e. The highest BCUT2D eigenvalue weighted by Gasteiger charge is 2.46. The molecule has 2 atom stereocenters. The quantitative estimate of drug-likeness (QED) is 0.772. The summed E-state index contributed by atoms with van der Waals surface area (Å²) in [6, 6.07) is 4.82. The van der Waals surface area contributed by atoms with Gasteiger partial charge in [-0.3, -0.25) is 9.69 Å². The maximum atomic E-state index is 12.1. The molecule has 2 aliphatic rings. The fourth-order valence-corrected chi connectivity index (χ4v) is 3.48. The van der Waals surface area contributed by atoms with Crippen LogP contribution in [0, 0.1) is 0 Å². The lowest BCUT2D eigenvalue weighted by molar-refractivity contribution is -0.128. The van der Waals surface area contributed by atoms with Crippen LogP contribution in [0.2, 0.25) is 0 Å². The Morgan fingerprint density at radius 3 is 2.90 bits per heavy atom. The average Bonchev–Trinajstić information content (AvgIpc) is 3.11. The molecule has 0 aromatic carbocycles. The van der Waals surface area contributed by atoms with Crippen LogP contribution in [-0.2, 0) is 17.8 Å². The van der Waals surface area contributed by atoms with Gasteiger partial charge in [-0.05, 0) is 18.6 Å². The number of carbonyl (C=O) groups is 1. The Morgan fingerprint density at radius 2 is 2.20 bits per heavy atom. The van der Waals surface area contributed by atoms with E-state index in [0.717, 1.165) is 37.5 Å². The van der Waals surface area contributed by atoms with Crippen molar-refractivity contribution in [2.24, 2.45) is 0 Å². The highest BCUT2D eigenvalue weighted by molar-refractivity contribution is 5.80. The van der Waals surface area contributed by atoms with Gasteiger partial charge in [-0.15, -0.1) is 6.58 Å². The van der Waals surface area contributed by atoms with Gasteiger partial charge in [0.25, 0.3) is 0 Å². The zero-order valence-corrected chi connectivity index (χ0v) is 12.0. The molecule has 2 saturated heterocycles. The number of rotatable bonds is 5. The van der Waals surface area contributed by atoms with Crippen LogP contribution >= 0.6 is 0 Å². The average molecular weight is 274 g/mol. The van der Waals surface area contributed by atoms with E-state index in [1.54, 1.807) is 0 Å². The molecular formula is C16H22N2O2. The number of hydrogen-bond donors (Lipinski definition) is 0. The van der Waals surface area contributed by atoms with Crippen molar-refractivity contribution in [1.29, 1.82) is 0 Å². The predicted molar refractivity (Wildman–Crippen MR) is 77.2 cm³/mol. The molecule has 108 valence electrons. The molecule has 0 aliphatic carbocycles. The number of hydrogen-bond acceptors (Lipinski definition) is 3. The third-order valence-corrected chi connectivity index (χ3v) is 4.48. The highest BCUT2D eigenvalue weighted by atomic mass is 16.3. The number of fused-ring (bicyclic) bond motifs is 1. The van der Waals surface area contributed by atoms with E-state index in [1.807, 2.05) is 17.0 Å². The molecule has 4 heteroatoms. The van der Waals surface area contributed by atoms with E-state index in [1.165, 1.54) is 0 Å². The molecule has 1 amide bonds. The van der Waals surface area contributed by atoms with Crippen LogP contribution in [0.5, 0.6) is 0 Å². The Labute approximate surface area is 120 Å². The summed E-state index contributed by atoms with van der Waals surface area (Å²) in [5, 5.41) is 0.